The van der Waals surface area contributed by atoms with Gasteiger partial charge in [0.15, 0.2) is 0 Å². The third-order valence-electron chi connectivity index (χ3n) is 5.30. The summed E-state index contributed by atoms with van der Waals surface area (Å²) in [4.78, 5) is 30.2. The van der Waals surface area contributed by atoms with Crippen molar-refractivity contribution in [3.8, 4) is 0 Å². The fourth-order valence-corrected chi connectivity index (χ4v) is 4.36. The molecule has 0 aliphatic carbocycles. The first-order valence-corrected chi connectivity index (χ1v) is 11.0. The molecular formula is C22H28N4O2S. The standard InChI is InChI=1S/C22H28N4O2S/c1-4-15(5-2)26-19-10-9-14(22(28)25-17(6-3)21(23)27)12-18(19)24-20(26)13-16-8-7-11-29-16/h7-12,15,17H,4-6,13H2,1-3H3,(H2,23,27)(H,25,28)/t17-/m0/s1. The van der Waals surface area contributed by atoms with Gasteiger partial charge in [-0.3, -0.25) is 9.59 Å². The summed E-state index contributed by atoms with van der Waals surface area (Å²) in [5.41, 5.74) is 7.65. The Hall–Kier alpha value is -2.67. The van der Waals surface area contributed by atoms with E-state index in [1.807, 2.05) is 13.0 Å². The number of amides is 2. The van der Waals surface area contributed by atoms with E-state index < -0.39 is 11.9 Å². The minimum absolute atomic E-state index is 0.311. The molecule has 2 aromatic heterocycles. The van der Waals surface area contributed by atoms with Crippen molar-refractivity contribution in [1.82, 2.24) is 14.9 Å². The number of primary amides is 1. The number of imidazole rings is 1. The molecule has 29 heavy (non-hydrogen) atoms. The first-order chi connectivity index (χ1) is 14.0. The normalized spacial score (nSPS) is 12.4. The van der Waals surface area contributed by atoms with Crippen LogP contribution in [-0.2, 0) is 11.2 Å². The SMILES string of the molecule is CCC(CC)n1c(Cc2cccs2)nc2cc(C(=O)N[C@@H](CC)C(N)=O)ccc21. The molecule has 0 fully saturated rings. The van der Waals surface area contributed by atoms with Gasteiger partial charge < -0.3 is 15.6 Å². The highest BCUT2D eigenvalue weighted by molar-refractivity contribution is 7.09. The molecule has 0 bridgehead atoms. The van der Waals surface area contributed by atoms with Gasteiger partial charge in [-0.2, -0.15) is 0 Å². The second kappa shape index (κ2) is 9.22. The molecule has 0 aliphatic rings. The number of rotatable bonds is 9. The average Bonchev–Trinajstić information content (AvgIpc) is 3.34. The summed E-state index contributed by atoms with van der Waals surface area (Å²) >= 11 is 1.72. The maximum absolute atomic E-state index is 12.6. The molecular weight excluding hydrogens is 384 g/mol. The lowest BCUT2D eigenvalue weighted by Gasteiger charge is -2.19. The van der Waals surface area contributed by atoms with Crippen molar-refractivity contribution in [3.63, 3.8) is 0 Å². The second-order valence-electron chi connectivity index (χ2n) is 7.16. The predicted octanol–water partition coefficient (Wildman–Crippen LogP) is 4.04. The minimum atomic E-state index is -0.672. The fraction of sp³-hybridized carbons (Fsp3) is 0.409. The highest BCUT2D eigenvalue weighted by Gasteiger charge is 2.20. The van der Waals surface area contributed by atoms with Crippen LogP contribution >= 0.6 is 11.3 Å². The van der Waals surface area contributed by atoms with Crippen LogP contribution in [0.15, 0.2) is 35.7 Å². The molecule has 3 N–H and O–H groups in total. The highest BCUT2D eigenvalue weighted by Crippen LogP contribution is 2.28. The number of hydrogen-bond donors (Lipinski definition) is 2. The highest BCUT2D eigenvalue weighted by atomic mass is 32.1. The third kappa shape index (κ3) is 4.50. The molecule has 2 amide bonds. The Bertz CT molecular complexity index is 990. The number of thiophene rings is 1. The van der Waals surface area contributed by atoms with Gasteiger partial charge in [-0.05, 0) is 48.9 Å². The largest absolute Gasteiger partial charge is 0.368 e. The lowest BCUT2D eigenvalue weighted by atomic mass is 10.1. The molecule has 154 valence electrons. The first-order valence-electron chi connectivity index (χ1n) is 10.1. The van der Waals surface area contributed by atoms with Gasteiger partial charge >= 0.3 is 0 Å². The average molecular weight is 413 g/mol. The number of fused-ring (bicyclic) bond motifs is 1. The van der Waals surface area contributed by atoms with E-state index in [0.29, 0.717) is 18.0 Å². The molecule has 0 saturated carbocycles. The van der Waals surface area contributed by atoms with Crippen molar-refractivity contribution in [1.29, 1.82) is 0 Å². The van der Waals surface area contributed by atoms with Gasteiger partial charge in [-0.15, -0.1) is 11.3 Å². The van der Waals surface area contributed by atoms with E-state index in [0.717, 1.165) is 36.1 Å². The molecule has 0 spiro atoms. The zero-order valence-electron chi connectivity index (χ0n) is 17.1. The van der Waals surface area contributed by atoms with Crippen molar-refractivity contribution in [3.05, 3.63) is 52.0 Å². The number of nitrogens with two attached hydrogens (primary N) is 1. The van der Waals surface area contributed by atoms with Crippen molar-refractivity contribution in [2.24, 2.45) is 5.73 Å². The van der Waals surface area contributed by atoms with Gasteiger partial charge in [-0.25, -0.2) is 4.98 Å². The number of carbonyl (C=O) groups is 2. The smallest absolute Gasteiger partial charge is 0.252 e. The van der Waals surface area contributed by atoms with Crippen LogP contribution in [0.25, 0.3) is 11.0 Å². The summed E-state index contributed by atoms with van der Waals surface area (Å²) in [5, 5.41) is 4.78. The van der Waals surface area contributed by atoms with Crippen LogP contribution in [0.5, 0.6) is 0 Å². The zero-order valence-corrected chi connectivity index (χ0v) is 18.0. The second-order valence-corrected chi connectivity index (χ2v) is 8.20. The van der Waals surface area contributed by atoms with E-state index in [-0.39, 0.29) is 5.91 Å². The predicted molar refractivity (Wildman–Crippen MR) is 117 cm³/mol. The molecule has 6 nitrogen and oxygen atoms in total. The van der Waals surface area contributed by atoms with Crippen molar-refractivity contribution >= 4 is 34.2 Å². The zero-order chi connectivity index (χ0) is 21.0. The Morgan fingerprint density at radius 2 is 1.93 bits per heavy atom. The lowest BCUT2D eigenvalue weighted by Crippen LogP contribution is -2.43. The van der Waals surface area contributed by atoms with E-state index in [1.54, 1.807) is 23.5 Å². The maximum Gasteiger partial charge on any atom is 0.252 e. The number of hydrogen-bond acceptors (Lipinski definition) is 4. The van der Waals surface area contributed by atoms with Gasteiger partial charge in [0.1, 0.15) is 11.9 Å². The molecule has 3 rings (SSSR count). The molecule has 3 aromatic rings. The van der Waals surface area contributed by atoms with Crippen LogP contribution in [0, 0.1) is 0 Å². The summed E-state index contributed by atoms with van der Waals surface area (Å²) in [6.45, 7) is 6.18. The lowest BCUT2D eigenvalue weighted by molar-refractivity contribution is -0.119. The molecule has 0 saturated heterocycles. The number of benzene rings is 1. The molecule has 0 aliphatic heterocycles. The Morgan fingerprint density at radius 1 is 1.17 bits per heavy atom. The third-order valence-corrected chi connectivity index (χ3v) is 6.18. The van der Waals surface area contributed by atoms with Crippen LogP contribution in [-0.4, -0.2) is 27.4 Å². The Balaban J connectivity index is 2.00. The van der Waals surface area contributed by atoms with E-state index >= 15 is 0 Å². The number of aromatic nitrogens is 2. The summed E-state index contributed by atoms with van der Waals surface area (Å²) in [6, 6.07) is 9.41. The van der Waals surface area contributed by atoms with Crippen LogP contribution in [0.4, 0.5) is 0 Å². The molecule has 0 unspecified atom stereocenters. The number of carbonyl (C=O) groups excluding carboxylic acids is 2. The Morgan fingerprint density at radius 3 is 2.52 bits per heavy atom. The first kappa shape index (κ1) is 21.0. The maximum atomic E-state index is 12.6. The van der Waals surface area contributed by atoms with Gasteiger partial charge in [0, 0.05) is 22.9 Å². The molecule has 1 aromatic carbocycles. The minimum Gasteiger partial charge on any atom is -0.368 e. The monoisotopic (exact) mass is 412 g/mol. The van der Waals surface area contributed by atoms with Crippen molar-refractivity contribution in [2.75, 3.05) is 0 Å². The van der Waals surface area contributed by atoms with Crippen LogP contribution in [0.3, 0.4) is 0 Å². The van der Waals surface area contributed by atoms with Gasteiger partial charge in [0.25, 0.3) is 5.91 Å². The number of nitrogens with one attached hydrogen (secondary N) is 1. The molecule has 1 atom stereocenters. The van der Waals surface area contributed by atoms with E-state index in [9.17, 15) is 9.59 Å². The van der Waals surface area contributed by atoms with Crippen molar-refractivity contribution < 1.29 is 9.59 Å². The molecule has 2 heterocycles. The fourth-order valence-electron chi connectivity index (χ4n) is 3.66. The molecule has 7 heteroatoms. The summed E-state index contributed by atoms with van der Waals surface area (Å²) in [5.74, 6) is 0.171. The van der Waals surface area contributed by atoms with E-state index in [4.69, 9.17) is 10.7 Å². The van der Waals surface area contributed by atoms with Gasteiger partial charge in [0.2, 0.25) is 5.91 Å². The van der Waals surface area contributed by atoms with Crippen LogP contribution < -0.4 is 11.1 Å². The summed E-state index contributed by atoms with van der Waals surface area (Å²) < 4.78 is 2.31. The quantitative estimate of drug-likeness (QED) is 0.556. The van der Waals surface area contributed by atoms with Crippen LogP contribution in [0.2, 0.25) is 0 Å². The van der Waals surface area contributed by atoms with Crippen LogP contribution in [0.1, 0.15) is 67.1 Å². The van der Waals surface area contributed by atoms with E-state index in [2.05, 4.69) is 41.2 Å². The Labute approximate surface area is 175 Å². The Kier molecular flexibility index (Phi) is 6.69. The van der Waals surface area contributed by atoms with Crippen molar-refractivity contribution in [2.45, 2.75) is 58.5 Å². The number of nitrogens with zero attached hydrogens (tertiary/aromatic N) is 2. The topological polar surface area (TPSA) is 90.0 Å². The summed E-state index contributed by atoms with van der Waals surface area (Å²) in [7, 11) is 0. The van der Waals surface area contributed by atoms with Gasteiger partial charge in [0.05, 0.1) is 11.0 Å². The summed E-state index contributed by atoms with van der Waals surface area (Å²) in [6.07, 6.45) is 3.25. The molecule has 0 radical (unpaired) electrons. The van der Waals surface area contributed by atoms with E-state index in [1.165, 1.54) is 4.88 Å². The van der Waals surface area contributed by atoms with Gasteiger partial charge in [-0.1, -0.05) is 26.8 Å².